The molecule has 2 fully saturated rings. The normalized spacial score (nSPS) is 22.9. The molecule has 2 saturated carbocycles. The van der Waals surface area contributed by atoms with Gasteiger partial charge in [0.2, 0.25) is 0 Å². The molecule has 2 aliphatic rings. The predicted molar refractivity (Wildman–Crippen MR) is 132 cm³/mol. The number of hydrogen-bond donors (Lipinski definition) is 3. The van der Waals surface area contributed by atoms with Gasteiger partial charge in [0.25, 0.3) is 5.91 Å². The zero-order chi connectivity index (χ0) is 23.5. The van der Waals surface area contributed by atoms with Crippen molar-refractivity contribution in [2.24, 2.45) is 17.6 Å². The van der Waals surface area contributed by atoms with Crippen molar-refractivity contribution in [3.8, 4) is 5.75 Å². The van der Waals surface area contributed by atoms with Gasteiger partial charge in [0.15, 0.2) is 0 Å². The molecule has 174 valence electrons. The Hall–Kier alpha value is -3.67. The molecule has 0 spiro atoms. The highest BCUT2D eigenvalue weighted by atomic mass is 16.5. The number of nitrogens with zero attached hydrogens (tertiary/aromatic N) is 1. The maximum absolute atomic E-state index is 12.4. The van der Waals surface area contributed by atoms with Crippen molar-refractivity contribution in [1.82, 2.24) is 10.3 Å². The van der Waals surface area contributed by atoms with Crippen LogP contribution in [0.1, 0.15) is 52.9 Å². The van der Waals surface area contributed by atoms with E-state index in [0.717, 1.165) is 23.8 Å². The molecule has 2 aromatic carbocycles. The van der Waals surface area contributed by atoms with Crippen LogP contribution in [-0.4, -0.2) is 23.3 Å². The molecule has 3 aromatic rings. The van der Waals surface area contributed by atoms with Crippen LogP contribution in [-0.2, 0) is 12.0 Å². The minimum atomic E-state index is -0.210. The molecule has 1 heterocycles. The van der Waals surface area contributed by atoms with Crippen molar-refractivity contribution >= 4 is 11.7 Å². The zero-order valence-corrected chi connectivity index (χ0v) is 19.2. The van der Waals surface area contributed by atoms with Crippen LogP contribution in [0.3, 0.4) is 0 Å². The van der Waals surface area contributed by atoms with Gasteiger partial charge in [-0.25, -0.2) is 0 Å². The quantitative estimate of drug-likeness (QED) is 0.346. The van der Waals surface area contributed by atoms with Crippen molar-refractivity contribution < 1.29 is 9.53 Å². The summed E-state index contributed by atoms with van der Waals surface area (Å²) in [5.41, 5.74) is 9.40. The van der Waals surface area contributed by atoms with E-state index >= 15 is 0 Å². The molecule has 2 bridgehead atoms. The predicted octanol–water partition coefficient (Wildman–Crippen LogP) is 4.43. The third-order valence-corrected chi connectivity index (χ3v) is 7.43. The number of carbonyl (C=O) groups excluding carboxylic acids is 1. The number of pyridine rings is 1. The molecule has 3 atom stereocenters. The Bertz CT molecular complexity index is 1160. The molecule has 2 aliphatic carbocycles. The van der Waals surface area contributed by atoms with Crippen LogP contribution in [0.25, 0.3) is 0 Å². The Labute approximate surface area is 200 Å². The highest BCUT2D eigenvalue weighted by Crippen LogP contribution is 2.60. The molecule has 4 N–H and O–H groups in total. The molecular formula is C28H30N4O2. The van der Waals surface area contributed by atoms with Crippen molar-refractivity contribution in [3.05, 3.63) is 95.3 Å². The van der Waals surface area contributed by atoms with Crippen LogP contribution < -0.4 is 15.8 Å². The van der Waals surface area contributed by atoms with Crippen LogP contribution in [0.4, 0.5) is 0 Å². The molecule has 34 heavy (non-hydrogen) atoms. The average molecular weight is 455 g/mol. The van der Waals surface area contributed by atoms with Gasteiger partial charge in [0.1, 0.15) is 18.2 Å². The Morgan fingerprint density at radius 2 is 1.79 bits per heavy atom. The van der Waals surface area contributed by atoms with Gasteiger partial charge in [0, 0.05) is 17.2 Å². The molecule has 1 amide bonds. The first-order valence-corrected chi connectivity index (χ1v) is 11.9. The molecular weight excluding hydrogens is 424 g/mol. The van der Waals surface area contributed by atoms with E-state index in [1.807, 2.05) is 30.3 Å². The number of amides is 1. The fourth-order valence-electron chi connectivity index (χ4n) is 5.89. The lowest BCUT2D eigenvalue weighted by Gasteiger charge is -2.39. The number of ether oxygens (including phenoxy) is 1. The Morgan fingerprint density at radius 1 is 1.06 bits per heavy atom. The van der Waals surface area contributed by atoms with Gasteiger partial charge >= 0.3 is 0 Å². The van der Waals surface area contributed by atoms with E-state index in [2.05, 4.69) is 46.7 Å². The van der Waals surface area contributed by atoms with Crippen molar-refractivity contribution in [1.29, 1.82) is 5.41 Å². The number of hydrogen-bond acceptors (Lipinski definition) is 4. The molecule has 0 radical (unpaired) electrons. The van der Waals surface area contributed by atoms with Gasteiger partial charge in [-0.3, -0.25) is 15.2 Å². The number of aromatic nitrogens is 1. The summed E-state index contributed by atoms with van der Waals surface area (Å²) in [5, 5.41) is 9.98. The summed E-state index contributed by atoms with van der Waals surface area (Å²) >= 11 is 0. The first kappa shape index (κ1) is 22.1. The third kappa shape index (κ3) is 4.28. The van der Waals surface area contributed by atoms with Gasteiger partial charge in [-0.15, -0.1) is 0 Å². The lowest BCUT2D eigenvalue weighted by molar-refractivity contribution is 0.0959. The first-order chi connectivity index (χ1) is 16.5. The van der Waals surface area contributed by atoms with E-state index in [1.165, 1.54) is 30.4 Å². The molecule has 2 unspecified atom stereocenters. The van der Waals surface area contributed by atoms with Crippen LogP contribution in [0.5, 0.6) is 5.75 Å². The van der Waals surface area contributed by atoms with E-state index in [1.54, 1.807) is 6.20 Å². The monoisotopic (exact) mass is 454 g/mol. The fourth-order valence-corrected chi connectivity index (χ4v) is 5.89. The number of nitrogens with two attached hydrogens (primary N) is 1. The minimum absolute atomic E-state index is 0.0309. The first-order valence-electron chi connectivity index (χ1n) is 11.9. The molecule has 5 rings (SSSR count). The summed E-state index contributed by atoms with van der Waals surface area (Å²) < 4.78 is 5.96. The topological polar surface area (TPSA) is 101 Å². The second kappa shape index (κ2) is 9.29. The maximum Gasteiger partial charge on any atom is 0.251 e. The summed E-state index contributed by atoms with van der Waals surface area (Å²) in [7, 11) is 0. The maximum atomic E-state index is 12.4. The van der Waals surface area contributed by atoms with Crippen LogP contribution in [0, 0.1) is 17.2 Å². The van der Waals surface area contributed by atoms with E-state index in [-0.39, 0.29) is 23.7 Å². The van der Waals surface area contributed by atoms with Gasteiger partial charge in [0.05, 0.1) is 12.2 Å². The summed E-state index contributed by atoms with van der Waals surface area (Å²) in [6, 6.07) is 22.4. The number of benzene rings is 2. The van der Waals surface area contributed by atoms with Gasteiger partial charge in [-0.05, 0) is 78.6 Å². The number of rotatable bonds is 8. The van der Waals surface area contributed by atoms with Crippen LogP contribution in [0.2, 0.25) is 0 Å². The van der Waals surface area contributed by atoms with Gasteiger partial charge < -0.3 is 15.8 Å². The van der Waals surface area contributed by atoms with E-state index in [0.29, 0.717) is 18.1 Å². The molecule has 1 aromatic heterocycles. The summed E-state index contributed by atoms with van der Waals surface area (Å²) in [4.78, 5) is 16.7. The van der Waals surface area contributed by atoms with Crippen molar-refractivity contribution in [2.75, 3.05) is 6.54 Å². The van der Waals surface area contributed by atoms with Crippen LogP contribution in [0.15, 0.2) is 72.9 Å². The largest absolute Gasteiger partial charge is 0.487 e. The number of fused-ring (bicyclic) bond motifs is 2. The highest BCUT2D eigenvalue weighted by molar-refractivity contribution is 5.96. The Balaban J connectivity index is 1.38. The molecule has 0 aliphatic heterocycles. The molecule has 6 nitrogen and oxygen atoms in total. The fraction of sp³-hybridized carbons (Fsp3) is 0.321. The SMILES string of the molecule is N=C(N)CNC(=O)c1ccc([C@]2(c3ccc(OCc4ccccn4)cc3)CC3CCC2C3)cc1. The minimum Gasteiger partial charge on any atom is -0.487 e. The summed E-state index contributed by atoms with van der Waals surface area (Å²) in [5.74, 6) is 1.93. The number of nitrogens with one attached hydrogen (secondary N) is 2. The average Bonchev–Trinajstić information content (AvgIpc) is 3.49. The van der Waals surface area contributed by atoms with Gasteiger partial charge in [-0.2, -0.15) is 0 Å². The van der Waals surface area contributed by atoms with Gasteiger partial charge in [-0.1, -0.05) is 36.8 Å². The smallest absolute Gasteiger partial charge is 0.251 e. The highest BCUT2D eigenvalue weighted by Gasteiger charge is 2.52. The molecule has 0 saturated heterocycles. The molecule has 6 heteroatoms. The summed E-state index contributed by atoms with van der Waals surface area (Å²) in [6.07, 6.45) is 6.73. The van der Waals surface area contributed by atoms with Crippen molar-refractivity contribution in [3.63, 3.8) is 0 Å². The summed E-state index contributed by atoms with van der Waals surface area (Å²) in [6.45, 7) is 0.506. The lowest BCUT2D eigenvalue weighted by Crippen LogP contribution is -2.34. The number of amidine groups is 1. The van der Waals surface area contributed by atoms with E-state index in [4.69, 9.17) is 15.9 Å². The number of carbonyl (C=O) groups is 1. The second-order valence-corrected chi connectivity index (χ2v) is 9.47. The Kier molecular flexibility index (Phi) is 6.05. The Morgan fingerprint density at radius 3 is 2.38 bits per heavy atom. The third-order valence-electron chi connectivity index (χ3n) is 7.43. The lowest BCUT2D eigenvalue weighted by atomic mass is 9.64. The zero-order valence-electron chi connectivity index (χ0n) is 19.2. The van der Waals surface area contributed by atoms with Crippen LogP contribution >= 0.6 is 0 Å². The standard InChI is InChI=1S/C28H30N4O2/c29-26(30)17-32-27(33)20-5-8-21(9-6-20)28(16-19-4-7-23(28)15-19)22-10-12-25(13-11-22)34-18-24-3-1-2-14-31-24/h1-3,5-6,8-14,19,23H,4,7,15-18H2,(H3,29,30)(H,32,33)/t19?,23?,28-/m0/s1. The second-order valence-electron chi connectivity index (χ2n) is 9.47. The van der Waals surface area contributed by atoms with E-state index < -0.39 is 0 Å². The van der Waals surface area contributed by atoms with Crippen molar-refractivity contribution in [2.45, 2.75) is 37.7 Å². The van der Waals surface area contributed by atoms with E-state index in [9.17, 15) is 4.79 Å².